The van der Waals surface area contributed by atoms with Crippen LogP contribution in [0.5, 0.6) is 0 Å². The molecule has 0 radical (unpaired) electrons. The first-order chi connectivity index (χ1) is 9.44. The molecule has 0 amide bonds. The third-order valence-electron chi connectivity index (χ3n) is 2.61. The lowest BCUT2D eigenvalue weighted by Gasteiger charge is -2.13. The third kappa shape index (κ3) is 4.57. The van der Waals surface area contributed by atoms with Gasteiger partial charge in [0.05, 0.1) is 6.61 Å². The lowest BCUT2D eigenvalue weighted by Crippen LogP contribution is -2.27. The van der Waals surface area contributed by atoms with Crippen molar-refractivity contribution in [2.24, 2.45) is 5.92 Å². The smallest absolute Gasteiger partial charge is 0.353 e. The second-order valence-corrected chi connectivity index (χ2v) is 6.08. The van der Waals surface area contributed by atoms with Gasteiger partial charge in [0, 0.05) is 38.7 Å². The first kappa shape index (κ1) is 16.6. The zero-order valence-electron chi connectivity index (χ0n) is 11.3. The van der Waals surface area contributed by atoms with Gasteiger partial charge in [-0.05, 0) is 6.07 Å². The van der Waals surface area contributed by atoms with Crippen LogP contribution in [0.15, 0.2) is 29.0 Å². The fourth-order valence-corrected chi connectivity index (χ4v) is 2.28. The molecule has 1 heterocycles. The number of aromatic nitrogens is 2. The van der Waals surface area contributed by atoms with Crippen LogP contribution in [-0.2, 0) is 20.2 Å². The van der Waals surface area contributed by atoms with Crippen LogP contribution in [0, 0.1) is 5.92 Å². The SMILES string of the molecule is COP(=O)(/C=C/C(CO)Cn1ccc(N)nc1=O)OC. The van der Waals surface area contributed by atoms with Crippen LogP contribution in [0.25, 0.3) is 0 Å². The van der Waals surface area contributed by atoms with Crippen molar-refractivity contribution in [1.82, 2.24) is 9.55 Å². The van der Waals surface area contributed by atoms with Gasteiger partial charge in [-0.2, -0.15) is 4.98 Å². The summed E-state index contributed by atoms with van der Waals surface area (Å²) in [6.07, 6.45) is 2.96. The number of hydrogen-bond acceptors (Lipinski definition) is 7. The highest BCUT2D eigenvalue weighted by Gasteiger charge is 2.17. The molecule has 112 valence electrons. The molecule has 20 heavy (non-hydrogen) atoms. The fourth-order valence-electron chi connectivity index (χ4n) is 1.44. The standard InChI is InChI=1S/C11H18N3O5P/c1-18-20(17,19-2)6-4-9(8-15)7-14-5-3-10(12)13-11(14)16/h3-6,9,15H,7-8H2,1-2H3,(H2,12,13,16)/b6-4+. The highest BCUT2D eigenvalue weighted by Crippen LogP contribution is 2.48. The van der Waals surface area contributed by atoms with Crippen molar-refractivity contribution in [1.29, 1.82) is 0 Å². The van der Waals surface area contributed by atoms with Crippen molar-refractivity contribution < 1.29 is 18.7 Å². The van der Waals surface area contributed by atoms with Crippen LogP contribution in [0.4, 0.5) is 5.82 Å². The first-order valence-corrected chi connectivity index (χ1v) is 7.39. The lowest BCUT2D eigenvalue weighted by molar-refractivity contribution is 0.237. The number of aliphatic hydroxyl groups is 1. The van der Waals surface area contributed by atoms with E-state index in [0.29, 0.717) is 0 Å². The third-order valence-corrected chi connectivity index (χ3v) is 4.17. The molecular formula is C11H18N3O5P. The summed E-state index contributed by atoms with van der Waals surface area (Å²) in [7, 11) is -0.766. The number of nitrogens with zero attached hydrogens (tertiary/aromatic N) is 2. The van der Waals surface area contributed by atoms with E-state index in [2.05, 4.69) is 4.98 Å². The van der Waals surface area contributed by atoms with Crippen LogP contribution >= 0.6 is 7.60 Å². The Hall–Kier alpha value is -1.47. The number of nitrogens with two attached hydrogens (primary N) is 1. The second-order valence-electron chi connectivity index (χ2n) is 3.98. The minimum absolute atomic E-state index is 0.130. The predicted molar refractivity (Wildman–Crippen MR) is 74.2 cm³/mol. The summed E-state index contributed by atoms with van der Waals surface area (Å²) >= 11 is 0. The first-order valence-electron chi connectivity index (χ1n) is 5.78. The number of aliphatic hydroxyl groups excluding tert-OH is 1. The zero-order chi connectivity index (χ0) is 15.2. The topological polar surface area (TPSA) is 117 Å². The normalized spacial score (nSPS) is 13.8. The summed E-state index contributed by atoms with van der Waals surface area (Å²) in [6.45, 7) is -0.0622. The van der Waals surface area contributed by atoms with E-state index < -0.39 is 19.2 Å². The predicted octanol–water partition coefficient (Wildman–Crippen LogP) is 0.434. The van der Waals surface area contributed by atoms with Gasteiger partial charge in [0.15, 0.2) is 0 Å². The van der Waals surface area contributed by atoms with Crippen molar-refractivity contribution in [3.8, 4) is 0 Å². The minimum Gasteiger partial charge on any atom is -0.396 e. The maximum Gasteiger partial charge on any atom is 0.353 e. The van der Waals surface area contributed by atoms with Crippen molar-refractivity contribution in [2.75, 3.05) is 26.6 Å². The van der Waals surface area contributed by atoms with Gasteiger partial charge in [0.1, 0.15) is 5.82 Å². The van der Waals surface area contributed by atoms with Gasteiger partial charge < -0.3 is 19.9 Å². The molecule has 9 heteroatoms. The van der Waals surface area contributed by atoms with Gasteiger partial charge in [0.2, 0.25) is 0 Å². The van der Waals surface area contributed by atoms with E-state index in [-0.39, 0.29) is 19.0 Å². The molecule has 1 aromatic rings. The molecule has 0 saturated heterocycles. The van der Waals surface area contributed by atoms with E-state index in [4.69, 9.17) is 14.8 Å². The average molecular weight is 303 g/mol. The van der Waals surface area contributed by atoms with Gasteiger partial charge in [-0.25, -0.2) is 4.79 Å². The van der Waals surface area contributed by atoms with E-state index in [0.717, 1.165) is 0 Å². The molecule has 8 nitrogen and oxygen atoms in total. The summed E-state index contributed by atoms with van der Waals surface area (Å²) in [5.41, 5.74) is 4.87. The molecule has 1 aromatic heterocycles. The van der Waals surface area contributed by atoms with E-state index in [9.17, 15) is 14.5 Å². The van der Waals surface area contributed by atoms with Crippen molar-refractivity contribution in [2.45, 2.75) is 6.54 Å². The molecular weight excluding hydrogens is 285 g/mol. The Morgan fingerprint density at radius 3 is 2.70 bits per heavy atom. The Morgan fingerprint density at radius 2 is 2.20 bits per heavy atom. The Balaban J connectivity index is 2.85. The number of hydrogen-bond donors (Lipinski definition) is 2. The van der Waals surface area contributed by atoms with E-state index in [1.54, 1.807) is 0 Å². The van der Waals surface area contributed by atoms with Crippen molar-refractivity contribution in [3.63, 3.8) is 0 Å². The van der Waals surface area contributed by atoms with Crippen LogP contribution in [0.3, 0.4) is 0 Å². The van der Waals surface area contributed by atoms with Crippen molar-refractivity contribution in [3.05, 3.63) is 34.6 Å². The van der Waals surface area contributed by atoms with Gasteiger partial charge in [-0.1, -0.05) is 6.08 Å². The molecule has 3 N–H and O–H groups in total. The molecule has 1 atom stereocenters. The Bertz CT molecular complexity index is 563. The van der Waals surface area contributed by atoms with E-state index in [1.165, 1.54) is 42.9 Å². The summed E-state index contributed by atoms with van der Waals surface area (Å²) in [4.78, 5) is 15.1. The van der Waals surface area contributed by atoms with Crippen molar-refractivity contribution >= 4 is 13.4 Å². The van der Waals surface area contributed by atoms with Gasteiger partial charge in [-0.15, -0.1) is 0 Å². The Kier molecular flexibility index (Phi) is 6.09. The monoisotopic (exact) mass is 303 g/mol. The fraction of sp³-hybridized carbons (Fsp3) is 0.455. The number of anilines is 1. The molecule has 0 aliphatic carbocycles. The zero-order valence-corrected chi connectivity index (χ0v) is 12.2. The quantitative estimate of drug-likeness (QED) is 0.701. The summed E-state index contributed by atoms with van der Waals surface area (Å²) in [5.74, 6) is 0.950. The molecule has 0 bridgehead atoms. The maximum absolute atomic E-state index is 11.8. The van der Waals surface area contributed by atoms with E-state index >= 15 is 0 Å². The molecule has 0 aromatic carbocycles. The molecule has 1 unspecified atom stereocenters. The highest BCUT2D eigenvalue weighted by molar-refractivity contribution is 7.57. The Morgan fingerprint density at radius 1 is 1.55 bits per heavy atom. The molecule has 0 aliphatic rings. The molecule has 0 saturated carbocycles. The summed E-state index contributed by atoms with van der Waals surface area (Å²) in [6, 6.07) is 1.48. The van der Waals surface area contributed by atoms with Crippen LogP contribution < -0.4 is 11.4 Å². The van der Waals surface area contributed by atoms with Gasteiger partial charge in [0.25, 0.3) is 0 Å². The highest BCUT2D eigenvalue weighted by atomic mass is 31.2. The number of rotatable bonds is 7. The molecule has 0 spiro atoms. The minimum atomic E-state index is -3.29. The van der Waals surface area contributed by atoms with Crippen LogP contribution in [-0.4, -0.2) is 35.5 Å². The average Bonchev–Trinajstić information content (AvgIpc) is 2.45. The van der Waals surface area contributed by atoms with Crippen LogP contribution in [0.2, 0.25) is 0 Å². The molecule has 1 rings (SSSR count). The van der Waals surface area contributed by atoms with Gasteiger partial charge in [-0.3, -0.25) is 9.13 Å². The largest absolute Gasteiger partial charge is 0.396 e. The second kappa shape index (κ2) is 7.35. The number of nitrogen functional groups attached to an aromatic ring is 1. The van der Waals surface area contributed by atoms with E-state index in [1.807, 2.05) is 0 Å². The molecule has 0 aliphatic heterocycles. The summed E-state index contributed by atoms with van der Waals surface area (Å²) in [5, 5.41) is 9.29. The Labute approximate surface area is 116 Å². The van der Waals surface area contributed by atoms with Crippen LogP contribution in [0.1, 0.15) is 0 Å². The molecule has 0 fully saturated rings. The summed E-state index contributed by atoms with van der Waals surface area (Å²) < 4.78 is 22.6. The maximum atomic E-state index is 11.8. The van der Waals surface area contributed by atoms with Gasteiger partial charge >= 0.3 is 13.3 Å². The lowest BCUT2D eigenvalue weighted by atomic mass is 10.1.